The number of nitrogens with two attached hydrogens (primary N) is 1. The Balaban J connectivity index is 1.81. The number of nitrogens with one attached hydrogen (secondary N) is 2. The Hall–Kier alpha value is -3.00. The maximum Gasteiger partial charge on any atom is 0.352 e. The molecule has 1 fully saturated rings. The summed E-state index contributed by atoms with van der Waals surface area (Å²) in [5, 5.41) is 12.1. The quantitative estimate of drug-likeness (QED) is 0.384. The van der Waals surface area contributed by atoms with Gasteiger partial charge in [0.2, 0.25) is 0 Å². The predicted octanol–water partition coefficient (Wildman–Crippen LogP) is 3.69. The molecule has 0 atom stereocenters. The summed E-state index contributed by atoms with van der Waals surface area (Å²) in [6.07, 6.45) is 1.53. The molecule has 1 saturated heterocycles. The molecule has 28 heavy (non-hydrogen) atoms. The molecule has 1 aliphatic heterocycles. The van der Waals surface area contributed by atoms with Crippen molar-refractivity contribution in [2.45, 2.75) is 0 Å². The second kappa shape index (κ2) is 6.87. The number of halogens is 2. The van der Waals surface area contributed by atoms with E-state index < -0.39 is 5.97 Å². The third kappa shape index (κ3) is 3.09. The van der Waals surface area contributed by atoms with Crippen molar-refractivity contribution in [1.29, 1.82) is 0 Å². The van der Waals surface area contributed by atoms with Crippen LogP contribution in [0.2, 0.25) is 10.0 Å². The highest BCUT2D eigenvalue weighted by atomic mass is 35.5. The number of benzene rings is 2. The molecular weight excluding hydrogens is 403 g/mol. The van der Waals surface area contributed by atoms with Crippen molar-refractivity contribution in [2.75, 3.05) is 17.3 Å². The molecule has 0 bridgehead atoms. The first-order chi connectivity index (χ1) is 13.3. The number of amides is 1. The molecule has 9 heteroatoms. The normalized spacial score (nSPS) is 15.7. The van der Waals surface area contributed by atoms with Crippen LogP contribution in [-0.2, 0) is 4.79 Å². The maximum absolute atomic E-state index is 12.8. The fourth-order valence-corrected chi connectivity index (χ4v) is 3.80. The zero-order valence-corrected chi connectivity index (χ0v) is 15.8. The molecule has 7 nitrogen and oxygen atoms in total. The number of anilines is 2. The number of carbonyl (C=O) groups excluding carboxylic acids is 1. The van der Waals surface area contributed by atoms with Gasteiger partial charge in [-0.1, -0.05) is 29.3 Å². The fourth-order valence-electron chi connectivity index (χ4n) is 3.20. The molecule has 5 N–H and O–H groups in total. The van der Waals surface area contributed by atoms with Crippen molar-refractivity contribution in [1.82, 2.24) is 10.4 Å². The van der Waals surface area contributed by atoms with E-state index in [1.165, 1.54) is 17.2 Å². The first kappa shape index (κ1) is 18.4. The predicted molar refractivity (Wildman–Crippen MR) is 110 cm³/mol. The molecule has 4 rings (SSSR count). The summed E-state index contributed by atoms with van der Waals surface area (Å²) in [5.74, 6) is -1.47. The topological polar surface area (TPSA) is 111 Å². The van der Waals surface area contributed by atoms with E-state index in [0.717, 1.165) is 0 Å². The minimum atomic E-state index is -1.17. The zero-order chi connectivity index (χ0) is 20.0. The molecule has 2 aromatic carbocycles. The Kier molecular flexibility index (Phi) is 4.50. The van der Waals surface area contributed by atoms with Gasteiger partial charge < -0.3 is 15.8 Å². The summed E-state index contributed by atoms with van der Waals surface area (Å²) >= 11 is 12.3. The number of aromatic amines is 1. The minimum Gasteiger partial charge on any atom is -0.477 e. The molecule has 3 aromatic rings. The number of carbonyl (C=O) groups is 2. The molecule has 1 aliphatic rings. The van der Waals surface area contributed by atoms with Crippen LogP contribution in [0.25, 0.3) is 17.0 Å². The maximum atomic E-state index is 12.8. The molecule has 142 valence electrons. The first-order valence-electron chi connectivity index (χ1n) is 8.23. The lowest BCUT2D eigenvalue weighted by Gasteiger charge is -2.15. The summed E-state index contributed by atoms with van der Waals surface area (Å²) in [7, 11) is 0. The SMILES string of the molecule is Nc1cccc(N2NCC(=Cc3c(C(=O)O)[nH]c4cc(Cl)cc(Cl)c34)C2=O)c1. The van der Waals surface area contributed by atoms with Crippen molar-refractivity contribution in [3.05, 3.63) is 63.3 Å². The molecule has 1 amide bonds. The van der Waals surface area contributed by atoms with Gasteiger partial charge in [0.1, 0.15) is 5.69 Å². The Labute approximate surface area is 169 Å². The Bertz CT molecular complexity index is 1170. The van der Waals surface area contributed by atoms with E-state index in [-0.39, 0.29) is 18.1 Å². The summed E-state index contributed by atoms with van der Waals surface area (Å²) in [5.41, 5.74) is 11.0. The number of nitrogens with zero attached hydrogens (tertiary/aromatic N) is 1. The number of aromatic carboxylic acids is 1. The van der Waals surface area contributed by atoms with Crippen molar-refractivity contribution in [3.63, 3.8) is 0 Å². The van der Waals surface area contributed by atoms with Crippen LogP contribution < -0.4 is 16.2 Å². The van der Waals surface area contributed by atoms with E-state index in [0.29, 0.717) is 43.5 Å². The van der Waals surface area contributed by atoms with Gasteiger partial charge in [0.05, 0.1) is 10.7 Å². The van der Waals surface area contributed by atoms with E-state index in [2.05, 4.69) is 10.4 Å². The summed E-state index contributed by atoms with van der Waals surface area (Å²) < 4.78 is 0. The number of hydrogen-bond acceptors (Lipinski definition) is 4. The molecule has 0 aliphatic carbocycles. The number of carboxylic acids is 1. The number of carboxylic acid groups (broad SMARTS) is 1. The van der Waals surface area contributed by atoms with Gasteiger partial charge in [-0.15, -0.1) is 0 Å². The van der Waals surface area contributed by atoms with Crippen LogP contribution in [-0.4, -0.2) is 28.5 Å². The molecule has 0 saturated carbocycles. The van der Waals surface area contributed by atoms with E-state index in [9.17, 15) is 14.7 Å². The lowest BCUT2D eigenvalue weighted by Crippen LogP contribution is -2.34. The van der Waals surface area contributed by atoms with Gasteiger partial charge in [0.25, 0.3) is 5.91 Å². The highest BCUT2D eigenvalue weighted by molar-refractivity contribution is 6.39. The largest absolute Gasteiger partial charge is 0.477 e. The Morgan fingerprint density at radius 2 is 2.04 bits per heavy atom. The molecule has 0 radical (unpaired) electrons. The highest BCUT2D eigenvalue weighted by Gasteiger charge is 2.28. The number of hydrazine groups is 1. The van der Waals surface area contributed by atoms with Gasteiger partial charge in [-0.05, 0) is 36.4 Å². The van der Waals surface area contributed by atoms with Crippen LogP contribution >= 0.6 is 23.2 Å². The second-order valence-corrected chi connectivity index (χ2v) is 7.11. The Morgan fingerprint density at radius 1 is 1.25 bits per heavy atom. The molecule has 1 aromatic heterocycles. The van der Waals surface area contributed by atoms with Crippen LogP contribution in [0.1, 0.15) is 16.1 Å². The molecule has 0 unspecified atom stereocenters. The first-order valence-corrected chi connectivity index (χ1v) is 8.99. The average Bonchev–Trinajstić information content (AvgIpc) is 3.17. The van der Waals surface area contributed by atoms with Crippen molar-refractivity contribution >= 4 is 63.4 Å². The van der Waals surface area contributed by atoms with Gasteiger partial charge >= 0.3 is 5.97 Å². The van der Waals surface area contributed by atoms with Crippen molar-refractivity contribution in [3.8, 4) is 0 Å². The van der Waals surface area contributed by atoms with E-state index in [1.54, 1.807) is 30.3 Å². The molecular formula is C19H14Cl2N4O3. The van der Waals surface area contributed by atoms with E-state index >= 15 is 0 Å². The van der Waals surface area contributed by atoms with Gasteiger partial charge in [0.15, 0.2) is 0 Å². The molecule has 0 spiro atoms. The van der Waals surface area contributed by atoms with Crippen LogP contribution in [0.4, 0.5) is 11.4 Å². The van der Waals surface area contributed by atoms with Gasteiger partial charge in [0, 0.05) is 39.3 Å². The lowest BCUT2D eigenvalue weighted by atomic mass is 10.1. The zero-order valence-electron chi connectivity index (χ0n) is 14.3. The van der Waals surface area contributed by atoms with Gasteiger partial charge in [-0.2, -0.15) is 0 Å². The third-order valence-corrected chi connectivity index (χ3v) is 4.94. The second-order valence-electron chi connectivity index (χ2n) is 6.27. The molecule has 2 heterocycles. The van der Waals surface area contributed by atoms with E-state index in [4.69, 9.17) is 28.9 Å². The number of fused-ring (bicyclic) bond motifs is 1. The number of aromatic nitrogens is 1. The van der Waals surface area contributed by atoms with Gasteiger partial charge in [-0.25, -0.2) is 15.2 Å². The van der Waals surface area contributed by atoms with Crippen LogP contribution in [0.5, 0.6) is 0 Å². The summed E-state index contributed by atoms with van der Waals surface area (Å²) in [6, 6.07) is 10.00. The van der Waals surface area contributed by atoms with Crippen LogP contribution in [0.3, 0.4) is 0 Å². The fraction of sp³-hybridized carbons (Fsp3) is 0.0526. The number of rotatable bonds is 3. The van der Waals surface area contributed by atoms with Crippen molar-refractivity contribution in [2.24, 2.45) is 0 Å². The smallest absolute Gasteiger partial charge is 0.352 e. The Morgan fingerprint density at radius 3 is 2.75 bits per heavy atom. The lowest BCUT2D eigenvalue weighted by molar-refractivity contribution is -0.114. The number of hydrogen-bond donors (Lipinski definition) is 4. The van der Waals surface area contributed by atoms with Crippen LogP contribution in [0, 0.1) is 0 Å². The summed E-state index contributed by atoms with van der Waals surface area (Å²) in [6.45, 7) is 0.227. The minimum absolute atomic E-state index is 0.0677. The monoisotopic (exact) mass is 416 g/mol. The number of H-pyrrole nitrogens is 1. The summed E-state index contributed by atoms with van der Waals surface area (Å²) in [4.78, 5) is 27.4. The third-order valence-electron chi connectivity index (χ3n) is 4.42. The van der Waals surface area contributed by atoms with Crippen molar-refractivity contribution < 1.29 is 14.7 Å². The standard InChI is InChI=1S/C19H14Cl2N4O3/c20-10-5-14(21)16-13(17(19(27)28)24-15(16)6-10)4-9-8-23-25(18(9)26)12-3-1-2-11(22)7-12/h1-7,23-24H,8,22H2,(H,27,28). The van der Waals surface area contributed by atoms with Gasteiger partial charge in [-0.3, -0.25) is 4.79 Å². The average molecular weight is 417 g/mol. The number of nitrogen functional groups attached to an aromatic ring is 1. The highest BCUT2D eigenvalue weighted by Crippen LogP contribution is 2.34. The van der Waals surface area contributed by atoms with E-state index in [1.807, 2.05) is 0 Å². The van der Waals surface area contributed by atoms with Crippen LogP contribution in [0.15, 0.2) is 42.0 Å².